The van der Waals surface area contributed by atoms with E-state index in [1.54, 1.807) is 0 Å². The lowest BCUT2D eigenvalue weighted by atomic mass is 9.93. The van der Waals surface area contributed by atoms with E-state index in [1.165, 1.54) is 0 Å². The Morgan fingerprint density at radius 1 is 1.35 bits per heavy atom. The first kappa shape index (κ1) is 14.8. The maximum atomic E-state index is 12.2. The number of allylic oxidation sites excluding steroid dienone is 1. The molecule has 1 aromatic carbocycles. The van der Waals surface area contributed by atoms with Crippen LogP contribution in [0.3, 0.4) is 0 Å². The van der Waals surface area contributed by atoms with Crippen LogP contribution >= 0.6 is 0 Å². The Bertz CT molecular complexity index is 449. The first-order chi connectivity index (χ1) is 9.69. The van der Waals surface area contributed by atoms with E-state index in [0.717, 1.165) is 31.2 Å². The molecule has 3 nitrogen and oxygen atoms in total. The highest BCUT2D eigenvalue weighted by Crippen LogP contribution is 2.30. The summed E-state index contributed by atoms with van der Waals surface area (Å²) in [6, 6.07) is 9.92. The number of carbonyl (C=O) groups excluding carboxylic acids is 1. The molecule has 1 aliphatic carbocycles. The van der Waals surface area contributed by atoms with Crippen molar-refractivity contribution in [3.05, 3.63) is 48.6 Å². The molecule has 0 aromatic heterocycles. The Morgan fingerprint density at radius 3 is 2.55 bits per heavy atom. The standard InChI is InChI=1S/C17H23NO2/c1-2-14(15-8-4-3-5-9-15)12-16(20)18-17(13-19)10-6-7-11-17/h2-5,8-9,14,19H,1,6-7,10-13H2,(H,18,20). The van der Waals surface area contributed by atoms with Gasteiger partial charge in [0.25, 0.3) is 0 Å². The normalized spacial score (nSPS) is 18.4. The molecule has 1 atom stereocenters. The van der Waals surface area contributed by atoms with Gasteiger partial charge in [0.15, 0.2) is 0 Å². The summed E-state index contributed by atoms with van der Waals surface area (Å²) in [5.41, 5.74) is 0.710. The number of nitrogens with one attached hydrogen (secondary N) is 1. The van der Waals surface area contributed by atoms with Crippen LogP contribution in [0.5, 0.6) is 0 Å². The lowest BCUT2D eigenvalue weighted by Gasteiger charge is -2.28. The van der Waals surface area contributed by atoms with Crippen LogP contribution in [0.15, 0.2) is 43.0 Å². The van der Waals surface area contributed by atoms with Gasteiger partial charge in [-0.1, -0.05) is 49.2 Å². The zero-order valence-corrected chi connectivity index (χ0v) is 11.8. The van der Waals surface area contributed by atoms with Crippen LogP contribution in [0.25, 0.3) is 0 Å². The van der Waals surface area contributed by atoms with Gasteiger partial charge in [-0.15, -0.1) is 6.58 Å². The summed E-state index contributed by atoms with van der Waals surface area (Å²) < 4.78 is 0. The van der Waals surface area contributed by atoms with Gasteiger partial charge in [0.05, 0.1) is 12.1 Å². The predicted octanol–water partition coefficient (Wildman–Crippen LogP) is 2.77. The predicted molar refractivity (Wildman–Crippen MR) is 80.4 cm³/mol. The summed E-state index contributed by atoms with van der Waals surface area (Å²) in [6.45, 7) is 3.86. The molecule has 1 aromatic rings. The lowest BCUT2D eigenvalue weighted by Crippen LogP contribution is -2.49. The molecule has 2 N–H and O–H groups in total. The van der Waals surface area contributed by atoms with Crippen LogP contribution in [0, 0.1) is 0 Å². The van der Waals surface area contributed by atoms with Gasteiger partial charge in [0.1, 0.15) is 0 Å². The van der Waals surface area contributed by atoms with Gasteiger partial charge in [-0.05, 0) is 18.4 Å². The third kappa shape index (κ3) is 3.48. The molecule has 0 saturated heterocycles. The minimum absolute atomic E-state index is 0.00490. The molecule has 3 heteroatoms. The second-order valence-corrected chi connectivity index (χ2v) is 5.65. The molecule has 20 heavy (non-hydrogen) atoms. The van der Waals surface area contributed by atoms with Crippen molar-refractivity contribution in [2.45, 2.75) is 43.6 Å². The SMILES string of the molecule is C=CC(CC(=O)NC1(CO)CCCC1)c1ccccc1. The second-order valence-electron chi connectivity index (χ2n) is 5.65. The van der Waals surface area contributed by atoms with Crippen LogP contribution in [-0.2, 0) is 4.79 Å². The quantitative estimate of drug-likeness (QED) is 0.783. The molecular formula is C17H23NO2. The molecule has 2 rings (SSSR count). The fourth-order valence-electron chi connectivity index (χ4n) is 2.96. The van der Waals surface area contributed by atoms with Gasteiger partial charge >= 0.3 is 0 Å². The monoisotopic (exact) mass is 273 g/mol. The van der Waals surface area contributed by atoms with Crippen molar-refractivity contribution in [1.29, 1.82) is 0 Å². The van der Waals surface area contributed by atoms with E-state index in [9.17, 15) is 9.90 Å². The van der Waals surface area contributed by atoms with E-state index >= 15 is 0 Å². The van der Waals surface area contributed by atoms with E-state index in [2.05, 4.69) is 11.9 Å². The van der Waals surface area contributed by atoms with Gasteiger partial charge < -0.3 is 10.4 Å². The van der Waals surface area contributed by atoms with E-state index < -0.39 is 0 Å². The van der Waals surface area contributed by atoms with E-state index in [4.69, 9.17) is 0 Å². The molecule has 0 radical (unpaired) electrons. The number of aliphatic hydroxyl groups excluding tert-OH is 1. The minimum atomic E-state index is -0.389. The molecule has 1 saturated carbocycles. The Kier molecular flexibility index (Phi) is 4.96. The molecule has 0 bridgehead atoms. The van der Waals surface area contributed by atoms with E-state index in [0.29, 0.717) is 6.42 Å². The molecule has 1 amide bonds. The zero-order valence-electron chi connectivity index (χ0n) is 11.8. The number of benzene rings is 1. The number of amides is 1. The maximum absolute atomic E-state index is 12.2. The smallest absolute Gasteiger partial charge is 0.221 e. The van der Waals surface area contributed by atoms with Crippen molar-refractivity contribution < 1.29 is 9.90 Å². The van der Waals surface area contributed by atoms with Crippen LogP contribution in [0.4, 0.5) is 0 Å². The molecule has 0 aliphatic heterocycles. The van der Waals surface area contributed by atoms with Crippen molar-refractivity contribution in [2.24, 2.45) is 0 Å². The van der Waals surface area contributed by atoms with Crippen molar-refractivity contribution in [3.63, 3.8) is 0 Å². The van der Waals surface area contributed by atoms with Crippen molar-refractivity contribution in [3.8, 4) is 0 Å². The second kappa shape index (κ2) is 6.71. The van der Waals surface area contributed by atoms with Gasteiger partial charge in [-0.3, -0.25) is 4.79 Å². The Hall–Kier alpha value is -1.61. The number of hydrogen-bond donors (Lipinski definition) is 2. The fraction of sp³-hybridized carbons (Fsp3) is 0.471. The summed E-state index contributed by atoms with van der Waals surface area (Å²) in [5, 5.41) is 12.6. The highest BCUT2D eigenvalue weighted by molar-refractivity contribution is 5.78. The summed E-state index contributed by atoms with van der Waals surface area (Å²) in [7, 11) is 0. The highest BCUT2D eigenvalue weighted by Gasteiger charge is 2.34. The number of hydrogen-bond acceptors (Lipinski definition) is 2. The topological polar surface area (TPSA) is 49.3 Å². The van der Waals surface area contributed by atoms with E-state index in [-0.39, 0.29) is 24.0 Å². The van der Waals surface area contributed by atoms with Crippen LogP contribution in [0.2, 0.25) is 0 Å². The fourth-order valence-corrected chi connectivity index (χ4v) is 2.96. The maximum Gasteiger partial charge on any atom is 0.221 e. The van der Waals surface area contributed by atoms with Gasteiger partial charge in [-0.25, -0.2) is 0 Å². The van der Waals surface area contributed by atoms with Crippen molar-refractivity contribution in [2.75, 3.05) is 6.61 Å². The van der Waals surface area contributed by atoms with Crippen LogP contribution in [-0.4, -0.2) is 23.2 Å². The Balaban J connectivity index is 1.98. The van der Waals surface area contributed by atoms with Gasteiger partial charge in [-0.2, -0.15) is 0 Å². The molecule has 0 spiro atoms. The summed E-state index contributed by atoms with van der Waals surface area (Å²) in [6.07, 6.45) is 6.10. The molecule has 108 valence electrons. The zero-order chi connectivity index (χ0) is 14.4. The average molecular weight is 273 g/mol. The lowest BCUT2D eigenvalue weighted by molar-refractivity contribution is -0.123. The number of carbonyl (C=O) groups is 1. The molecule has 1 fully saturated rings. The molecule has 1 unspecified atom stereocenters. The Morgan fingerprint density at radius 2 is 2.00 bits per heavy atom. The van der Waals surface area contributed by atoms with Gasteiger partial charge in [0, 0.05) is 12.3 Å². The molecule has 0 heterocycles. The first-order valence-corrected chi connectivity index (χ1v) is 7.28. The average Bonchev–Trinajstić information content (AvgIpc) is 2.94. The van der Waals surface area contributed by atoms with Crippen molar-refractivity contribution >= 4 is 5.91 Å². The highest BCUT2D eigenvalue weighted by atomic mass is 16.3. The summed E-state index contributed by atoms with van der Waals surface area (Å²) in [4.78, 5) is 12.2. The summed E-state index contributed by atoms with van der Waals surface area (Å²) in [5.74, 6) is 0.0167. The van der Waals surface area contributed by atoms with Gasteiger partial charge in [0.2, 0.25) is 5.91 Å². The van der Waals surface area contributed by atoms with Crippen LogP contribution in [0.1, 0.15) is 43.6 Å². The largest absolute Gasteiger partial charge is 0.394 e. The minimum Gasteiger partial charge on any atom is -0.394 e. The number of aliphatic hydroxyl groups is 1. The molecule has 1 aliphatic rings. The van der Waals surface area contributed by atoms with E-state index in [1.807, 2.05) is 36.4 Å². The first-order valence-electron chi connectivity index (χ1n) is 7.28. The van der Waals surface area contributed by atoms with Crippen LogP contribution < -0.4 is 5.32 Å². The molecular weight excluding hydrogens is 250 g/mol. The van der Waals surface area contributed by atoms with Crippen molar-refractivity contribution in [1.82, 2.24) is 5.32 Å². The third-order valence-electron chi connectivity index (χ3n) is 4.19. The number of rotatable bonds is 6. The Labute approximate surface area is 120 Å². The summed E-state index contributed by atoms with van der Waals surface area (Å²) >= 11 is 0. The third-order valence-corrected chi connectivity index (χ3v) is 4.19.